The summed E-state index contributed by atoms with van der Waals surface area (Å²) in [5.74, 6) is 1.45. The molecule has 1 aromatic rings. The highest BCUT2D eigenvalue weighted by Crippen LogP contribution is 2.25. The molecule has 0 aromatic carbocycles. The van der Waals surface area contributed by atoms with E-state index in [0.717, 1.165) is 31.1 Å². The van der Waals surface area contributed by atoms with E-state index in [2.05, 4.69) is 9.69 Å². The third-order valence-corrected chi connectivity index (χ3v) is 4.16. The third-order valence-electron chi connectivity index (χ3n) is 3.43. The summed E-state index contributed by atoms with van der Waals surface area (Å²) in [6, 6.07) is 1.82. The molecule has 2 saturated heterocycles. The van der Waals surface area contributed by atoms with Gasteiger partial charge in [0.15, 0.2) is 0 Å². The lowest BCUT2D eigenvalue weighted by atomic mass is 9.86. The Hall–Kier alpha value is -0.940. The summed E-state index contributed by atoms with van der Waals surface area (Å²) in [4.78, 5) is 14.9. The van der Waals surface area contributed by atoms with E-state index in [1.807, 2.05) is 11.0 Å². The lowest BCUT2D eigenvalue weighted by Crippen LogP contribution is -2.52. The van der Waals surface area contributed by atoms with Crippen molar-refractivity contribution in [1.29, 1.82) is 0 Å². The second kappa shape index (κ2) is 4.14. The number of aromatic nitrogens is 1. The number of carbonyl (C=O) groups excluding carboxylic acids is 1. The first kappa shape index (κ1) is 10.2. The standard InChI is InChI=1S/C11H15N3OS/c15-11(10-1-2-13-16-10)14-6-8-3-9(7-14)5-12-4-8/h1-2,8-9,12H,3-7H2. The van der Waals surface area contributed by atoms with Crippen molar-refractivity contribution in [3.63, 3.8) is 0 Å². The van der Waals surface area contributed by atoms with Gasteiger partial charge in [0.2, 0.25) is 0 Å². The molecule has 0 radical (unpaired) electrons. The molecule has 2 atom stereocenters. The van der Waals surface area contributed by atoms with E-state index in [1.54, 1.807) is 6.20 Å². The van der Waals surface area contributed by atoms with Crippen LogP contribution in [0.25, 0.3) is 0 Å². The summed E-state index contributed by atoms with van der Waals surface area (Å²) in [5, 5.41) is 3.43. The van der Waals surface area contributed by atoms with Gasteiger partial charge in [-0.25, -0.2) is 4.37 Å². The van der Waals surface area contributed by atoms with Gasteiger partial charge in [-0.3, -0.25) is 4.79 Å². The summed E-state index contributed by atoms with van der Waals surface area (Å²) in [7, 11) is 0. The zero-order valence-corrected chi connectivity index (χ0v) is 9.87. The van der Waals surface area contributed by atoms with Crippen molar-refractivity contribution in [3.05, 3.63) is 17.1 Å². The van der Waals surface area contributed by atoms with Gasteiger partial charge < -0.3 is 10.2 Å². The van der Waals surface area contributed by atoms with Crippen molar-refractivity contribution < 1.29 is 4.79 Å². The number of piperidine rings is 2. The molecule has 0 aliphatic carbocycles. The number of carbonyl (C=O) groups is 1. The van der Waals surface area contributed by atoms with Crippen LogP contribution in [0.5, 0.6) is 0 Å². The average Bonchev–Trinajstić information content (AvgIpc) is 2.81. The van der Waals surface area contributed by atoms with Gasteiger partial charge in [0.05, 0.1) is 0 Å². The molecular weight excluding hydrogens is 222 g/mol. The van der Waals surface area contributed by atoms with E-state index in [4.69, 9.17) is 0 Å². The molecule has 2 aliphatic heterocycles. The number of hydrogen-bond donors (Lipinski definition) is 1. The van der Waals surface area contributed by atoms with Gasteiger partial charge in [-0.05, 0) is 48.9 Å². The maximum atomic E-state index is 12.2. The third kappa shape index (κ3) is 1.85. The van der Waals surface area contributed by atoms with Gasteiger partial charge in [-0.1, -0.05) is 0 Å². The highest BCUT2D eigenvalue weighted by molar-refractivity contribution is 7.08. The van der Waals surface area contributed by atoms with E-state index in [9.17, 15) is 4.79 Å². The van der Waals surface area contributed by atoms with Crippen molar-refractivity contribution >= 4 is 17.4 Å². The van der Waals surface area contributed by atoms with Crippen LogP contribution in [-0.2, 0) is 0 Å². The Morgan fingerprint density at radius 1 is 1.44 bits per heavy atom. The summed E-state index contributed by atoms with van der Waals surface area (Å²) >= 11 is 1.30. The minimum Gasteiger partial charge on any atom is -0.337 e. The van der Waals surface area contributed by atoms with Crippen LogP contribution >= 0.6 is 11.5 Å². The molecule has 3 rings (SSSR count). The van der Waals surface area contributed by atoms with E-state index in [-0.39, 0.29) is 5.91 Å². The number of amides is 1. The summed E-state index contributed by atoms with van der Waals surface area (Å²) in [5.41, 5.74) is 0. The fourth-order valence-corrected chi connectivity index (χ4v) is 3.32. The Kier molecular flexibility index (Phi) is 2.65. The Labute approximate surface area is 98.8 Å². The first-order chi connectivity index (χ1) is 7.83. The van der Waals surface area contributed by atoms with Gasteiger partial charge >= 0.3 is 0 Å². The Balaban J connectivity index is 1.73. The summed E-state index contributed by atoms with van der Waals surface area (Å²) in [6.45, 7) is 3.92. The molecule has 86 valence electrons. The average molecular weight is 237 g/mol. The molecule has 0 spiro atoms. The second-order valence-electron chi connectivity index (χ2n) is 4.71. The number of likely N-dealkylation sites (tertiary alicyclic amines) is 1. The molecule has 2 bridgehead atoms. The van der Waals surface area contributed by atoms with Crippen molar-refractivity contribution in [2.24, 2.45) is 11.8 Å². The molecular formula is C11H15N3OS. The van der Waals surface area contributed by atoms with Gasteiger partial charge in [0, 0.05) is 19.3 Å². The topological polar surface area (TPSA) is 45.2 Å². The predicted octanol–water partition coefficient (Wildman–Crippen LogP) is 0.825. The molecule has 0 saturated carbocycles. The molecule has 2 aliphatic rings. The maximum absolute atomic E-state index is 12.2. The molecule has 4 nitrogen and oxygen atoms in total. The number of hydrogen-bond acceptors (Lipinski definition) is 4. The van der Waals surface area contributed by atoms with Gasteiger partial charge in [0.25, 0.3) is 5.91 Å². The first-order valence-electron chi connectivity index (χ1n) is 5.73. The Morgan fingerprint density at radius 3 is 2.81 bits per heavy atom. The zero-order valence-electron chi connectivity index (χ0n) is 9.06. The minimum absolute atomic E-state index is 0.166. The molecule has 5 heteroatoms. The van der Waals surface area contributed by atoms with Gasteiger partial charge in [-0.15, -0.1) is 0 Å². The molecule has 1 amide bonds. The van der Waals surface area contributed by atoms with Crippen LogP contribution < -0.4 is 5.32 Å². The summed E-state index contributed by atoms with van der Waals surface area (Å²) in [6.07, 6.45) is 2.98. The van der Waals surface area contributed by atoms with E-state index in [1.165, 1.54) is 18.0 Å². The molecule has 3 heterocycles. The first-order valence-corrected chi connectivity index (χ1v) is 6.51. The minimum atomic E-state index is 0.166. The van der Waals surface area contributed by atoms with Crippen LogP contribution in [0.2, 0.25) is 0 Å². The van der Waals surface area contributed by atoms with Crippen molar-refractivity contribution in [1.82, 2.24) is 14.6 Å². The van der Waals surface area contributed by atoms with E-state index >= 15 is 0 Å². The van der Waals surface area contributed by atoms with Crippen LogP contribution in [0.1, 0.15) is 16.1 Å². The van der Waals surface area contributed by atoms with Gasteiger partial charge in [0.1, 0.15) is 4.88 Å². The number of rotatable bonds is 1. The van der Waals surface area contributed by atoms with Crippen molar-refractivity contribution in [2.45, 2.75) is 6.42 Å². The smallest absolute Gasteiger partial charge is 0.265 e. The molecule has 1 aromatic heterocycles. The molecule has 2 fully saturated rings. The van der Waals surface area contributed by atoms with Gasteiger partial charge in [-0.2, -0.15) is 0 Å². The Bertz CT molecular complexity index is 367. The van der Waals surface area contributed by atoms with E-state index in [0.29, 0.717) is 11.8 Å². The highest BCUT2D eigenvalue weighted by atomic mass is 32.1. The maximum Gasteiger partial charge on any atom is 0.265 e. The fraction of sp³-hybridized carbons (Fsp3) is 0.636. The summed E-state index contributed by atoms with van der Waals surface area (Å²) < 4.78 is 3.99. The predicted molar refractivity (Wildman–Crippen MR) is 62.5 cm³/mol. The van der Waals surface area contributed by atoms with Crippen molar-refractivity contribution in [3.8, 4) is 0 Å². The van der Waals surface area contributed by atoms with Crippen molar-refractivity contribution in [2.75, 3.05) is 26.2 Å². The van der Waals surface area contributed by atoms with E-state index < -0.39 is 0 Å². The fourth-order valence-electron chi connectivity index (χ4n) is 2.75. The normalized spacial score (nSPS) is 29.1. The largest absolute Gasteiger partial charge is 0.337 e. The van der Waals surface area contributed by atoms with Crippen LogP contribution in [-0.4, -0.2) is 41.4 Å². The number of nitrogens with zero attached hydrogens (tertiary/aromatic N) is 2. The van der Waals surface area contributed by atoms with Crippen LogP contribution in [0.3, 0.4) is 0 Å². The SMILES string of the molecule is O=C(c1ccns1)N1CC2CNCC(C2)C1. The monoisotopic (exact) mass is 237 g/mol. The highest BCUT2D eigenvalue weighted by Gasteiger charge is 2.33. The molecule has 16 heavy (non-hydrogen) atoms. The number of fused-ring (bicyclic) bond motifs is 2. The Morgan fingerprint density at radius 2 is 2.19 bits per heavy atom. The zero-order chi connectivity index (χ0) is 11.0. The lowest BCUT2D eigenvalue weighted by Gasteiger charge is -2.41. The van der Waals surface area contributed by atoms with Crippen LogP contribution in [0, 0.1) is 11.8 Å². The van der Waals surface area contributed by atoms with Crippen LogP contribution in [0.4, 0.5) is 0 Å². The van der Waals surface area contributed by atoms with Crippen LogP contribution in [0.15, 0.2) is 12.3 Å². The number of nitrogens with one attached hydrogen (secondary N) is 1. The molecule has 1 N–H and O–H groups in total. The second-order valence-corrected chi connectivity index (χ2v) is 5.55. The quantitative estimate of drug-likeness (QED) is 0.786. The molecule has 2 unspecified atom stereocenters. The lowest BCUT2D eigenvalue weighted by molar-refractivity contribution is 0.0542.